The molecule has 1 fully saturated rings. The van der Waals surface area contributed by atoms with Crippen molar-refractivity contribution in [2.75, 3.05) is 24.6 Å². The lowest BCUT2D eigenvalue weighted by Crippen LogP contribution is -2.37. The molecule has 1 aromatic rings. The van der Waals surface area contributed by atoms with Gasteiger partial charge in [0.1, 0.15) is 5.82 Å². The van der Waals surface area contributed by atoms with Crippen LogP contribution in [0, 0.1) is 6.92 Å². The maximum atomic E-state index is 11.9. The molecule has 1 aromatic heterocycles. The monoisotopic (exact) mass is 281 g/mol. The molecule has 0 bridgehead atoms. The van der Waals surface area contributed by atoms with Crippen molar-refractivity contribution in [1.29, 1.82) is 0 Å². The molecule has 2 heterocycles. The van der Waals surface area contributed by atoms with Crippen molar-refractivity contribution >= 4 is 17.7 Å². The van der Waals surface area contributed by atoms with Crippen LogP contribution < -0.4 is 0 Å². The Balaban J connectivity index is 1.56. The van der Waals surface area contributed by atoms with Crippen LogP contribution in [-0.2, 0) is 11.3 Å². The van der Waals surface area contributed by atoms with Gasteiger partial charge in [0, 0.05) is 50.0 Å². The summed E-state index contributed by atoms with van der Waals surface area (Å²) in [5.74, 6) is 3.62. The third-order valence-corrected chi connectivity index (χ3v) is 4.52. The predicted octanol–water partition coefficient (Wildman–Crippen LogP) is 2.33. The second-order valence-corrected chi connectivity index (χ2v) is 6.20. The van der Waals surface area contributed by atoms with E-state index in [-0.39, 0.29) is 0 Å². The molecule has 1 aliphatic rings. The van der Waals surface area contributed by atoms with Crippen LogP contribution in [0.15, 0.2) is 12.4 Å². The number of hydrogen-bond acceptors (Lipinski definition) is 3. The summed E-state index contributed by atoms with van der Waals surface area (Å²) in [7, 11) is 0. The van der Waals surface area contributed by atoms with E-state index in [0.29, 0.717) is 12.3 Å². The zero-order valence-corrected chi connectivity index (χ0v) is 12.5. The van der Waals surface area contributed by atoms with Crippen molar-refractivity contribution in [2.24, 2.45) is 0 Å². The first-order chi connectivity index (χ1) is 9.27. The minimum atomic E-state index is 0.346. The van der Waals surface area contributed by atoms with Gasteiger partial charge in [-0.3, -0.25) is 4.79 Å². The zero-order chi connectivity index (χ0) is 13.5. The van der Waals surface area contributed by atoms with Gasteiger partial charge in [-0.2, -0.15) is 11.8 Å². The number of carbonyl (C=O) groups excluding carboxylic acids is 1. The first-order valence-corrected chi connectivity index (χ1v) is 8.26. The fourth-order valence-corrected chi connectivity index (χ4v) is 3.25. The van der Waals surface area contributed by atoms with Crippen molar-refractivity contribution in [1.82, 2.24) is 14.5 Å². The second-order valence-electron chi connectivity index (χ2n) is 4.97. The highest BCUT2D eigenvalue weighted by Gasteiger charge is 2.15. The van der Waals surface area contributed by atoms with E-state index in [9.17, 15) is 4.79 Å². The Morgan fingerprint density at radius 3 is 2.79 bits per heavy atom. The maximum Gasteiger partial charge on any atom is 0.222 e. The van der Waals surface area contributed by atoms with Crippen LogP contribution in [0.25, 0.3) is 0 Å². The summed E-state index contributed by atoms with van der Waals surface area (Å²) in [4.78, 5) is 18.2. The van der Waals surface area contributed by atoms with Crippen LogP contribution in [0.1, 0.15) is 31.5 Å². The summed E-state index contributed by atoms with van der Waals surface area (Å²) < 4.78 is 2.17. The Kier molecular flexibility index (Phi) is 5.76. The number of thioether (sulfide) groups is 1. The lowest BCUT2D eigenvalue weighted by molar-refractivity contribution is -0.130. The molecule has 2 rings (SSSR count). The smallest absolute Gasteiger partial charge is 0.222 e. The van der Waals surface area contributed by atoms with Gasteiger partial charge in [0.25, 0.3) is 0 Å². The summed E-state index contributed by atoms with van der Waals surface area (Å²) in [5, 5.41) is 0. The van der Waals surface area contributed by atoms with Gasteiger partial charge in [0.05, 0.1) is 0 Å². The van der Waals surface area contributed by atoms with Gasteiger partial charge in [-0.25, -0.2) is 4.98 Å². The summed E-state index contributed by atoms with van der Waals surface area (Å²) in [5.41, 5.74) is 0. The standard InChI is InChI=1S/C14H23N3OS/c1-13-15-6-8-16(13)7-4-2-3-5-14(18)17-9-11-19-12-10-17/h6,8H,2-5,7,9-12H2,1H3. The van der Waals surface area contributed by atoms with Crippen molar-refractivity contribution in [2.45, 2.75) is 39.2 Å². The number of unbranched alkanes of at least 4 members (excludes halogenated alkanes) is 2. The van der Waals surface area contributed by atoms with Gasteiger partial charge in [-0.05, 0) is 19.8 Å². The van der Waals surface area contributed by atoms with E-state index < -0.39 is 0 Å². The Morgan fingerprint density at radius 2 is 2.11 bits per heavy atom. The summed E-state index contributed by atoms with van der Waals surface area (Å²) in [6.45, 7) is 4.92. The minimum absolute atomic E-state index is 0.346. The van der Waals surface area contributed by atoms with E-state index in [1.54, 1.807) is 0 Å². The average Bonchev–Trinajstić information content (AvgIpc) is 2.85. The van der Waals surface area contributed by atoms with Crippen LogP contribution in [0.3, 0.4) is 0 Å². The second kappa shape index (κ2) is 7.58. The van der Waals surface area contributed by atoms with Crippen LogP contribution >= 0.6 is 11.8 Å². The molecule has 106 valence electrons. The normalized spacial score (nSPS) is 15.7. The number of aromatic nitrogens is 2. The zero-order valence-electron chi connectivity index (χ0n) is 11.7. The molecule has 0 aliphatic carbocycles. The van der Waals surface area contributed by atoms with Gasteiger partial charge in [-0.15, -0.1) is 0 Å². The molecular formula is C14H23N3OS. The van der Waals surface area contributed by atoms with Gasteiger partial charge in [0.2, 0.25) is 5.91 Å². The van der Waals surface area contributed by atoms with Crippen LogP contribution in [0.2, 0.25) is 0 Å². The molecule has 1 amide bonds. The third kappa shape index (κ3) is 4.56. The number of aryl methyl sites for hydroxylation is 2. The van der Waals surface area contributed by atoms with Gasteiger partial charge < -0.3 is 9.47 Å². The first kappa shape index (κ1) is 14.4. The molecule has 1 saturated heterocycles. The number of imidazole rings is 1. The van der Waals surface area contributed by atoms with E-state index in [2.05, 4.69) is 9.55 Å². The summed E-state index contributed by atoms with van der Waals surface area (Å²) >= 11 is 1.95. The molecule has 4 nitrogen and oxygen atoms in total. The highest BCUT2D eigenvalue weighted by molar-refractivity contribution is 7.99. The Hall–Kier alpha value is -0.970. The summed E-state index contributed by atoms with van der Waals surface area (Å²) in [6, 6.07) is 0. The highest BCUT2D eigenvalue weighted by atomic mass is 32.2. The van der Waals surface area contributed by atoms with Crippen LogP contribution in [-0.4, -0.2) is 45.0 Å². The fourth-order valence-electron chi connectivity index (χ4n) is 2.35. The molecule has 0 spiro atoms. The molecule has 0 saturated carbocycles. The highest BCUT2D eigenvalue weighted by Crippen LogP contribution is 2.12. The topological polar surface area (TPSA) is 38.1 Å². The van der Waals surface area contributed by atoms with Crippen molar-refractivity contribution in [3.05, 3.63) is 18.2 Å². The fraction of sp³-hybridized carbons (Fsp3) is 0.714. The lowest BCUT2D eigenvalue weighted by Gasteiger charge is -2.26. The SMILES string of the molecule is Cc1nccn1CCCCCC(=O)N1CCSCC1. The molecule has 0 unspecified atom stereocenters. The number of hydrogen-bond donors (Lipinski definition) is 0. The average molecular weight is 281 g/mol. The molecule has 0 aromatic carbocycles. The van der Waals surface area contributed by atoms with E-state index >= 15 is 0 Å². The molecule has 19 heavy (non-hydrogen) atoms. The van der Waals surface area contributed by atoms with Crippen LogP contribution in [0.5, 0.6) is 0 Å². The molecule has 1 aliphatic heterocycles. The first-order valence-electron chi connectivity index (χ1n) is 7.10. The number of amides is 1. The molecular weight excluding hydrogens is 258 g/mol. The molecule has 0 atom stereocenters. The van der Waals surface area contributed by atoms with Crippen molar-refractivity contribution in [3.8, 4) is 0 Å². The van der Waals surface area contributed by atoms with E-state index in [4.69, 9.17) is 0 Å². The Bertz CT molecular complexity index is 399. The Labute approximate surface area is 119 Å². The van der Waals surface area contributed by atoms with Crippen molar-refractivity contribution < 1.29 is 4.79 Å². The van der Waals surface area contributed by atoms with Gasteiger partial charge >= 0.3 is 0 Å². The largest absolute Gasteiger partial charge is 0.341 e. The van der Waals surface area contributed by atoms with Gasteiger partial charge in [0.15, 0.2) is 0 Å². The van der Waals surface area contributed by atoms with Crippen LogP contribution in [0.4, 0.5) is 0 Å². The molecule has 5 heteroatoms. The molecule has 0 radical (unpaired) electrons. The van der Waals surface area contributed by atoms with E-state index in [0.717, 1.165) is 56.2 Å². The van der Waals surface area contributed by atoms with Gasteiger partial charge in [-0.1, -0.05) is 6.42 Å². The van der Waals surface area contributed by atoms with E-state index in [1.165, 1.54) is 0 Å². The quantitative estimate of drug-likeness (QED) is 0.751. The van der Waals surface area contributed by atoms with E-state index in [1.807, 2.05) is 36.0 Å². The number of nitrogens with zero attached hydrogens (tertiary/aromatic N) is 3. The Morgan fingerprint density at radius 1 is 1.32 bits per heavy atom. The number of carbonyl (C=O) groups is 1. The minimum Gasteiger partial charge on any atom is -0.341 e. The maximum absolute atomic E-state index is 11.9. The third-order valence-electron chi connectivity index (χ3n) is 3.58. The summed E-state index contributed by atoms with van der Waals surface area (Å²) in [6.07, 6.45) is 7.83. The molecule has 0 N–H and O–H groups in total. The predicted molar refractivity (Wildman–Crippen MR) is 79.3 cm³/mol. The van der Waals surface area contributed by atoms with Crippen molar-refractivity contribution in [3.63, 3.8) is 0 Å². The number of rotatable bonds is 6. The lowest BCUT2D eigenvalue weighted by atomic mass is 10.1.